The lowest BCUT2D eigenvalue weighted by Crippen LogP contribution is -2.31. The lowest BCUT2D eigenvalue weighted by atomic mass is 9.95. The quantitative estimate of drug-likeness (QED) is 0.263. The highest BCUT2D eigenvalue weighted by Gasteiger charge is 2.47. The maximum absolute atomic E-state index is 13.8. The number of carbonyl (C=O) groups excluding carboxylic acids is 3. The second-order valence-electron chi connectivity index (χ2n) is 8.20. The summed E-state index contributed by atoms with van der Waals surface area (Å²) in [4.78, 5) is 45.4. The fourth-order valence-corrected chi connectivity index (χ4v) is 5.29. The molecule has 0 fully saturated rings. The first-order chi connectivity index (χ1) is 17.8. The molecule has 2 aromatic carbocycles. The summed E-state index contributed by atoms with van der Waals surface area (Å²) in [5.41, 5.74) is 1.17. The molecule has 5 rings (SSSR count). The number of Topliss-reactive ketones (excluding diaryl/α,β-unsaturated/α-hetero) is 1. The van der Waals surface area contributed by atoms with Crippen molar-refractivity contribution in [2.45, 2.75) is 19.9 Å². The lowest BCUT2D eigenvalue weighted by molar-refractivity contribution is -0.117. The highest BCUT2D eigenvalue weighted by molar-refractivity contribution is 7.17. The SMILES string of the molecule is CCOC(=O)c1sc(N2C(=O)C(O)=C(C(=O)c3cc4cccc(OC)c4o3)C2c2ccccc2)nc1C. The summed E-state index contributed by atoms with van der Waals surface area (Å²) in [5, 5.41) is 11.8. The van der Waals surface area contributed by atoms with Crippen LogP contribution in [0.2, 0.25) is 0 Å². The number of aryl methyl sites for hydroxylation is 1. The van der Waals surface area contributed by atoms with E-state index in [0.29, 0.717) is 28.0 Å². The number of ketones is 1. The smallest absolute Gasteiger partial charge is 0.350 e. The molecule has 1 N–H and O–H groups in total. The minimum Gasteiger partial charge on any atom is -0.503 e. The number of anilines is 1. The van der Waals surface area contributed by atoms with E-state index in [0.717, 1.165) is 11.3 Å². The third-order valence-electron chi connectivity index (χ3n) is 5.97. The molecule has 0 saturated heterocycles. The van der Waals surface area contributed by atoms with Gasteiger partial charge in [0.1, 0.15) is 4.88 Å². The van der Waals surface area contributed by atoms with Crippen molar-refractivity contribution in [3.8, 4) is 5.75 Å². The molecule has 0 saturated carbocycles. The van der Waals surface area contributed by atoms with E-state index in [4.69, 9.17) is 13.9 Å². The van der Waals surface area contributed by atoms with Crippen LogP contribution in [0, 0.1) is 6.92 Å². The number of carbonyl (C=O) groups is 3. The number of esters is 1. The zero-order valence-electron chi connectivity index (χ0n) is 20.2. The van der Waals surface area contributed by atoms with Crippen molar-refractivity contribution in [1.29, 1.82) is 0 Å². The Morgan fingerprint density at radius 1 is 1.16 bits per heavy atom. The van der Waals surface area contributed by atoms with Gasteiger partial charge in [-0.1, -0.05) is 53.8 Å². The maximum Gasteiger partial charge on any atom is 0.350 e. The second-order valence-corrected chi connectivity index (χ2v) is 9.18. The van der Waals surface area contributed by atoms with E-state index in [-0.39, 0.29) is 27.9 Å². The Bertz CT molecular complexity index is 1570. The second kappa shape index (κ2) is 9.55. The number of para-hydroxylation sites is 1. The average Bonchev–Trinajstić information content (AvgIpc) is 3.58. The number of hydrogen-bond donors (Lipinski definition) is 1. The number of nitrogens with zero attached hydrogens (tertiary/aromatic N) is 2. The summed E-state index contributed by atoms with van der Waals surface area (Å²) in [6, 6.07) is 14.6. The van der Waals surface area contributed by atoms with Gasteiger partial charge in [0.25, 0.3) is 5.91 Å². The monoisotopic (exact) mass is 518 g/mol. The Kier molecular flexibility index (Phi) is 6.26. The molecule has 3 heterocycles. The van der Waals surface area contributed by atoms with Gasteiger partial charge in [-0.25, -0.2) is 9.78 Å². The van der Waals surface area contributed by atoms with E-state index in [9.17, 15) is 19.5 Å². The van der Waals surface area contributed by atoms with Gasteiger partial charge < -0.3 is 19.0 Å². The molecule has 0 aliphatic carbocycles. The van der Waals surface area contributed by atoms with Crippen LogP contribution in [0.5, 0.6) is 5.75 Å². The Balaban J connectivity index is 1.63. The van der Waals surface area contributed by atoms with E-state index in [2.05, 4.69) is 4.98 Å². The van der Waals surface area contributed by atoms with E-state index >= 15 is 0 Å². The van der Waals surface area contributed by atoms with Gasteiger partial charge in [0.2, 0.25) is 5.78 Å². The fourth-order valence-electron chi connectivity index (χ4n) is 4.30. The van der Waals surface area contributed by atoms with Gasteiger partial charge in [0.15, 0.2) is 28.0 Å². The molecule has 9 nitrogen and oxygen atoms in total. The normalized spacial score (nSPS) is 15.5. The zero-order valence-corrected chi connectivity index (χ0v) is 21.0. The van der Waals surface area contributed by atoms with Gasteiger partial charge in [0.05, 0.1) is 31.0 Å². The summed E-state index contributed by atoms with van der Waals surface area (Å²) in [6.07, 6.45) is 0. The van der Waals surface area contributed by atoms with Gasteiger partial charge in [-0.3, -0.25) is 14.5 Å². The number of amides is 1. The first-order valence-corrected chi connectivity index (χ1v) is 12.2. The average molecular weight is 519 g/mol. The van der Waals surface area contributed by atoms with Crippen LogP contribution in [-0.2, 0) is 9.53 Å². The standard InChI is InChI=1S/C27H22N2O7S/c1-4-35-26(33)24-14(2)28-27(37-24)29-20(15-9-6-5-7-10-15)19(22(31)25(29)32)21(30)18-13-16-11-8-12-17(34-3)23(16)36-18/h5-13,20,31H,4H2,1-3H3. The van der Waals surface area contributed by atoms with Gasteiger partial charge in [0, 0.05) is 5.39 Å². The molecule has 188 valence electrons. The fraction of sp³-hybridized carbons (Fsp3) is 0.185. The van der Waals surface area contributed by atoms with Gasteiger partial charge in [-0.05, 0) is 31.5 Å². The maximum atomic E-state index is 13.8. The van der Waals surface area contributed by atoms with Gasteiger partial charge in [-0.15, -0.1) is 0 Å². The summed E-state index contributed by atoms with van der Waals surface area (Å²) >= 11 is 0.958. The van der Waals surface area contributed by atoms with Crippen molar-refractivity contribution in [3.63, 3.8) is 0 Å². The molecular formula is C27H22N2O7S. The van der Waals surface area contributed by atoms with E-state index in [1.165, 1.54) is 12.0 Å². The van der Waals surface area contributed by atoms with Crippen molar-refractivity contribution in [1.82, 2.24) is 4.98 Å². The molecule has 37 heavy (non-hydrogen) atoms. The summed E-state index contributed by atoms with van der Waals surface area (Å²) < 4.78 is 16.3. The van der Waals surface area contributed by atoms with Crippen LogP contribution in [0.25, 0.3) is 11.0 Å². The Morgan fingerprint density at radius 3 is 2.62 bits per heavy atom. The van der Waals surface area contributed by atoms with Crippen molar-refractivity contribution in [2.24, 2.45) is 0 Å². The Labute approximate surface area is 215 Å². The van der Waals surface area contributed by atoms with E-state index < -0.39 is 29.5 Å². The number of hydrogen-bond acceptors (Lipinski definition) is 9. The van der Waals surface area contributed by atoms with Gasteiger partial charge in [-0.2, -0.15) is 0 Å². The van der Waals surface area contributed by atoms with E-state index in [1.807, 2.05) is 0 Å². The molecule has 0 bridgehead atoms. The minimum atomic E-state index is -1.00. The zero-order chi connectivity index (χ0) is 26.3. The highest BCUT2D eigenvalue weighted by Crippen LogP contribution is 2.44. The first kappa shape index (κ1) is 24.3. The van der Waals surface area contributed by atoms with Crippen molar-refractivity contribution < 1.29 is 33.4 Å². The molecule has 1 amide bonds. The van der Waals surface area contributed by atoms with Gasteiger partial charge >= 0.3 is 5.97 Å². The number of methoxy groups -OCH3 is 1. The third-order valence-corrected chi connectivity index (χ3v) is 7.11. The van der Waals surface area contributed by atoms with Crippen LogP contribution >= 0.6 is 11.3 Å². The number of aliphatic hydroxyl groups excluding tert-OH is 1. The molecule has 1 aliphatic rings. The van der Waals surface area contributed by atoms with E-state index in [1.54, 1.807) is 68.4 Å². The Hall–Kier alpha value is -4.44. The highest BCUT2D eigenvalue weighted by atomic mass is 32.1. The summed E-state index contributed by atoms with van der Waals surface area (Å²) in [5.74, 6) is -2.34. The molecule has 0 radical (unpaired) electrons. The van der Waals surface area contributed by atoms with Crippen molar-refractivity contribution >= 4 is 45.1 Å². The predicted octanol–water partition coefficient (Wildman–Crippen LogP) is 5.17. The van der Waals surface area contributed by atoms with Crippen LogP contribution in [0.15, 0.2) is 70.3 Å². The first-order valence-electron chi connectivity index (χ1n) is 11.4. The lowest BCUT2D eigenvalue weighted by Gasteiger charge is -2.24. The number of fused-ring (bicyclic) bond motifs is 1. The molecular weight excluding hydrogens is 496 g/mol. The minimum absolute atomic E-state index is 0.0563. The number of ether oxygens (including phenoxy) is 2. The molecule has 1 unspecified atom stereocenters. The van der Waals surface area contributed by atoms with Crippen LogP contribution in [0.1, 0.15) is 44.4 Å². The number of benzene rings is 2. The number of aliphatic hydroxyl groups is 1. The molecule has 10 heteroatoms. The van der Waals surface area contributed by atoms with Crippen LogP contribution in [0.4, 0.5) is 5.13 Å². The van der Waals surface area contributed by atoms with Crippen LogP contribution < -0.4 is 9.64 Å². The number of furan rings is 1. The molecule has 4 aromatic rings. The van der Waals surface area contributed by atoms with Crippen molar-refractivity contribution in [2.75, 3.05) is 18.6 Å². The van der Waals surface area contributed by atoms with Crippen LogP contribution in [0.3, 0.4) is 0 Å². The topological polar surface area (TPSA) is 119 Å². The Morgan fingerprint density at radius 2 is 1.92 bits per heavy atom. The molecule has 1 aliphatic heterocycles. The number of aromatic nitrogens is 1. The predicted molar refractivity (Wildman–Crippen MR) is 136 cm³/mol. The largest absolute Gasteiger partial charge is 0.503 e. The number of thiazole rings is 1. The summed E-state index contributed by atoms with van der Waals surface area (Å²) in [6.45, 7) is 3.51. The molecule has 1 atom stereocenters. The summed E-state index contributed by atoms with van der Waals surface area (Å²) in [7, 11) is 1.49. The third kappa shape index (κ3) is 4.05. The van der Waals surface area contributed by atoms with Crippen molar-refractivity contribution in [3.05, 3.63) is 87.8 Å². The molecule has 0 spiro atoms. The van der Waals surface area contributed by atoms with Crippen LogP contribution in [-0.4, -0.2) is 41.5 Å². The molecule has 2 aromatic heterocycles. The number of rotatable bonds is 7.